The van der Waals surface area contributed by atoms with Crippen LogP contribution in [0.25, 0.3) is 0 Å². The van der Waals surface area contributed by atoms with Crippen molar-refractivity contribution in [2.24, 2.45) is 0 Å². The van der Waals surface area contributed by atoms with Crippen LogP contribution < -0.4 is 0 Å². The van der Waals surface area contributed by atoms with Crippen LogP contribution in [-0.4, -0.2) is 17.3 Å². The second kappa shape index (κ2) is 7.14. The molecule has 4 heteroatoms. The van der Waals surface area contributed by atoms with Gasteiger partial charge in [-0.15, -0.1) is 34.9 Å². The third-order valence-corrected chi connectivity index (χ3v) is 4.56. The molecule has 0 radical (unpaired) electrons. The lowest BCUT2D eigenvalue weighted by Gasteiger charge is -2.01. The Morgan fingerprint density at radius 1 is 1.40 bits per heavy atom. The number of rotatable bonds is 6. The van der Waals surface area contributed by atoms with Gasteiger partial charge in [0.25, 0.3) is 0 Å². The van der Waals surface area contributed by atoms with Gasteiger partial charge < -0.3 is 0 Å². The maximum atomic E-state index is 11.8. The Kier molecular flexibility index (Phi) is 6.13. The molecule has 0 N–H and O–H groups in total. The molecule has 15 heavy (non-hydrogen) atoms. The van der Waals surface area contributed by atoms with E-state index in [1.807, 2.05) is 17.5 Å². The number of allylic oxidation sites excluding steroid dienone is 1. The van der Waals surface area contributed by atoms with Crippen molar-refractivity contribution in [2.75, 3.05) is 11.5 Å². The van der Waals surface area contributed by atoms with Crippen molar-refractivity contribution in [2.45, 2.75) is 13.8 Å². The zero-order valence-corrected chi connectivity index (χ0v) is 11.3. The van der Waals surface area contributed by atoms with E-state index in [4.69, 9.17) is 0 Å². The highest BCUT2D eigenvalue weighted by Crippen LogP contribution is 2.28. The highest BCUT2D eigenvalue weighted by atomic mass is 32.2. The Labute approximate surface area is 103 Å². The lowest BCUT2D eigenvalue weighted by atomic mass is 10.3. The Bertz CT molecular complexity index is 320. The Morgan fingerprint density at radius 2 is 2.07 bits per heavy atom. The van der Waals surface area contributed by atoms with E-state index >= 15 is 0 Å². The number of thioether (sulfide) groups is 2. The molecule has 0 aliphatic heterocycles. The largest absolute Gasteiger partial charge is 0.288 e. The number of carbonyl (C=O) groups excluding carboxylic acids is 1. The molecule has 1 aromatic heterocycles. The molecule has 0 fully saturated rings. The monoisotopic (exact) mass is 258 g/mol. The molecule has 0 atom stereocenters. The fourth-order valence-corrected chi connectivity index (χ4v) is 3.63. The van der Waals surface area contributed by atoms with Crippen LogP contribution >= 0.6 is 34.9 Å². The molecular formula is C11H14OS3. The smallest absolute Gasteiger partial charge is 0.197 e. The zero-order chi connectivity index (χ0) is 11.1. The lowest BCUT2D eigenvalue weighted by Crippen LogP contribution is -1.91. The van der Waals surface area contributed by atoms with Crippen molar-refractivity contribution in [1.82, 2.24) is 0 Å². The molecule has 1 heterocycles. The van der Waals surface area contributed by atoms with Crippen LogP contribution in [0.4, 0.5) is 0 Å². The molecule has 0 amide bonds. The number of carbonyl (C=O) groups is 1. The molecule has 1 rings (SSSR count). The summed E-state index contributed by atoms with van der Waals surface area (Å²) >= 11 is 4.97. The van der Waals surface area contributed by atoms with Gasteiger partial charge in [-0.1, -0.05) is 19.9 Å². The molecule has 1 aromatic rings. The predicted molar refractivity (Wildman–Crippen MR) is 73.0 cm³/mol. The molecule has 1 nitrogen and oxygen atoms in total. The molecule has 0 bridgehead atoms. The maximum absolute atomic E-state index is 11.8. The SMILES string of the molecule is CCSC(=CC(=O)c1cccs1)SCC. The number of ketones is 1. The van der Waals surface area contributed by atoms with Crippen molar-refractivity contribution in [3.63, 3.8) is 0 Å². The molecule has 0 saturated heterocycles. The van der Waals surface area contributed by atoms with Crippen molar-refractivity contribution in [3.05, 3.63) is 32.7 Å². The van der Waals surface area contributed by atoms with Crippen LogP contribution in [0.1, 0.15) is 23.5 Å². The van der Waals surface area contributed by atoms with Crippen LogP contribution in [0.15, 0.2) is 27.8 Å². The summed E-state index contributed by atoms with van der Waals surface area (Å²) in [7, 11) is 0. The minimum Gasteiger partial charge on any atom is -0.288 e. The normalized spacial score (nSPS) is 10.0. The topological polar surface area (TPSA) is 17.1 Å². The van der Waals surface area contributed by atoms with Crippen LogP contribution in [0.3, 0.4) is 0 Å². The first-order valence-electron chi connectivity index (χ1n) is 4.83. The highest BCUT2D eigenvalue weighted by molar-refractivity contribution is 8.22. The molecule has 0 spiro atoms. The number of hydrogen-bond acceptors (Lipinski definition) is 4. The van der Waals surface area contributed by atoms with E-state index in [1.165, 1.54) is 11.3 Å². The van der Waals surface area contributed by atoms with Gasteiger partial charge in [-0.2, -0.15) is 0 Å². The van der Waals surface area contributed by atoms with Gasteiger partial charge in [0.2, 0.25) is 0 Å². The third kappa shape index (κ3) is 4.45. The van der Waals surface area contributed by atoms with Gasteiger partial charge in [-0.3, -0.25) is 4.79 Å². The molecule has 0 aromatic carbocycles. The fourth-order valence-electron chi connectivity index (χ4n) is 1.01. The van der Waals surface area contributed by atoms with E-state index in [2.05, 4.69) is 13.8 Å². The van der Waals surface area contributed by atoms with E-state index in [0.717, 1.165) is 20.6 Å². The van der Waals surface area contributed by atoms with E-state index < -0.39 is 0 Å². The molecule has 0 unspecified atom stereocenters. The first kappa shape index (κ1) is 12.9. The van der Waals surface area contributed by atoms with Crippen molar-refractivity contribution >= 4 is 40.6 Å². The van der Waals surface area contributed by atoms with Crippen molar-refractivity contribution < 1.29 is 4.79 Å². The van der Waals surface area contributed by atoms with Crippen molar-refractivity contribution in [3.8, 4) is 0 Å². The lowest BCUT2D eigenvalue weighted by molar-refractivity contribution is 0.105. The Balaban J connectivity index is 2.69. The summed E-state index contributed by atoms with van der Waals surface area (Å²) in [5, 5.41) is 1.93. The van der Waals surface area contributed by atoms with Gasteiger partial charge in [-0.05, 0) is 23.0 Å². The summed E-state index contributed by atoms with van der Waals surface area (Å²) in [5.74, 6) is 2.15. The number of hydrogen-bond donors (Lipinski definition) is 0. The summed E-state index contributed by atoms with van der Waals surface area (Å²) in [5.41, 5.74) is 0. The summed E-state index contributed by atoms with van der Waals surface area (Å²) in [6, 6.07) is 3.78. The third-order valence-electron chi connectivity index (χ3n) is 1.59. The zero-order valence-electron chi connectivity index (χ0n) is 8.86. The van der Waals surface area contributed by atoms with Gasteiger partial charge in [0.15, 0.2) is 5.78 Å². The second-order valence-corrected chi connectivity index (χ2v) is 6.49. The molecule has 82 valence electrons. The number of thiophene rings is 1. The minimum atomic E-state index is 0.127. The average molecular weight is 258 g/mol. The van der Waals surface area contributed by atoms with Gasteiger partial charge in [0.05, 0.1) is 4.88 Å². The van der Waals surface area contributed by atoms with Gasteiger partial charge in [0.1, 0.15) is 0 Å². The van der Waals surface area contributed by atoms with Crippen molar-refractivity contribution in [1.29, 1.82) is 0 Å². The average Bonchev–Trinajstić information content (AvgIpc) is 2.71. The molecule has 0 aliphatic rings. The highest BCUT2D eigenvalue weighted by Gasteiger charge is 2.05. The van der Waals surface area contributed by atoms with Crippen LogP contribution in [0.5, 0.6) is 0 Å². The van der Waals surface area contributed by atoms with E-state index in [1.54, 1.807) is 29.6 Å². The van der Waals surface area contributed by atoms with Gasteiger partial charge >= 0.3 is 0 Å². The van der Waals surface area contributed by atoms with Crippen LogP contribution in [0.2, 0.25) is 0 Å². The Hall–Kier alpha value is -0.190. The summed E-state index contributed by atoms with van der Waals surface area (Å²) in [4.78, 5) is 12.6. The van der Waals surface area contributed by atoms with Gasteiger partial charge in [0, 0.05) is 10.3 Å². The quantitative estimate of drug-likeness (QED) is 0.560. The van der Waals surface area contributed by atoms with Crippen LogP contribution in [0, 0.1) is 0 Å². The molecular weight excluding hydrogens is 244 g/mol. The van der Waals surface area contributed by atoms with Crippen LogP contribution in [-0.2, 0) is 0 Å². The minimum absolute atomic E-state index is 0.127. The first-order valence-corrected chi connectivity index (χ1v) is 7.68. The predicted octanol–water partition coefficient (Wildman–Crippen LogP) is 4.28. The summed E-state index contributed by atoms with van der Waals surface area (Å²) < 4.78 is 1.12. The second-order valence-electron chi connectivity index (χ2n) is 2.67. The molecule has 0 saturated carbocycles. The van der Waals surface area contributed by atoms with E-state index in [0.29, 0.717) is 0 Å². The van der Waals surface area contributed by atoms with Gasteiger partial charge in [-0.25, -0.2) is 0 Å². The maximum Gasteiger partial charge on any atom is 0.197 e. The molecule has 0 aliphatic carbocycles. The Morgan fingerprint density at radius 3 is 2.53 bits per heavy atom. The summed E-state index contributed by atoms with van der Waals surface area (Å²) in [6.45, 7) is 4.20. The van der Waals surface area contributed by atoms with E-state index in [9.17, 15) is 4.79 Å². The van der Waals surface area contributed by atoms with E-state index in [-0.39, 0.29) is 5.78 Å². The summed E-state index contributed by atoms with van der Waals surface area (Å²) in [6.07, 6.45) is 1.76. The first-order chi connectivity index (χ1) is 7.27. The fraction of sp³-hybridized carbons (Fsp3) is 0.364. The standard InChI is InChI=1S/C11H14OS3/c1-3-13-11(14-4-2)8-9(12)10-6-5-7-15-10/h5-8H,3-4H2,1-2H3.